The lowest BCUT2D eigenvalue weighted by atomic mass is 10.2. The lowest BCUT2D eigenvalue weighted by Gasteiger charge is -2.01. The predicted molar refractivity (Wildman–Crippen MR) is 48.4 cm³/mol. The number of terminal acetylenes is 1. The number of rotatable bonds is 5. The maximum Gasteiger partial charge on any atom is 0.220 e. The maximum atomic E-state index is 11.1. The zero-order valence-corrected chi connectivity index (χ0v) is 7.31. The molecule has 1 fully saturated rings. The van der Waals surface area contributed by atoms with E-state index in [-0.39, 0.29) is 5.91 Å². The molecule has 0 saturated heterocycles. The van der Waals surface area contributed by atoms with Crippen molar-refractivity contribution in [2.24, 2.45) is 5.92 Å². The molecule has 2 nitrogen and oxygen atoms in total. The predicted octanol–water partition coefficient (Wildman–Crippen LogP) is 1.32. The molecule has 1 aliphatic carbocycles. The van der Waals surface area contributed by atoms with Crippen LogP contribution in [0.5, 0.6) is 0 Å². The Morgan fingerprint density at radius 3 is 2.92 bits per heavy atom. The first-order valence-corrected chi connectivity index (χ1v) is 4.53. The lowest BCUT2D eigenvalue weighted by molar-refractivity contribution is -0.121. The molecule has 66 valence electrons. The van der Waals surface area contributed by atoms with E-state index in [0.29, 0.717) is 5.92 Å². The van der Waals surface area contributed by atoms with Crippen LogP contribution in [-0.4, -0.2) is 12.5 Å². The average molecular weight is 165 g/mol. The Morgan fingerprint density at radius 1 is 1.58 bits per heavy atom. The highest BCUT2D eigenvalue weighted by molar-refractivity contribution is 5.76. The van der Waals surface area contributed by atoms with Crippen molar-refractivity contribution in [2.45, 2.75) is 32.1 Å². The van der Waals surface area contributed by atoms with Gasteiger partial charge in [-0.3, -0.25) is 4.79 Å². The Kier molecular flexibility index (Phi) is 3.66. The van der Waals surface area contributed by atoms with E-state index in [9.17, 15) is 4.79 Å². The second-order valence-electron chi connectivity index (χ2n) is 3.31. The number of hydrogen-bond acceptors (Lipinski definition) is 1. The Balaban J connectivity index is 1.91. The zero-order chi connectivity index (χ0) is 8.81. The van der Waals surface area contributed by atoms with E-state index in [1.807, 2.05) is 0 Å². The molecule has 1 saturated carbocycles. The first-order chi connectivity index (χ1) is 5.83. The Hall–Kier alpha value is -0.970. The quantitative estimate of drug-likeness (QED) is 0.483. The monoisotopic (exact) mass is 165 g/mol. The van der Waals surface area contributed by atoms with Gasteiger partial charge in [0.05, 0.1) is 0 Å². The van der Waals surface area contributed by atoms with Crippen molar-refractivity contribution >= 4 is 5.91 Å². The second-order valence-corrected chi connectivity index (χ2v) is 3.31. The molecule has 0 atom stereocenters. The highest BCUT2D eigenvalue weighted by atomic mass is 16.1. The Bertz CT molecular complexity index is 189. The second kappa shape index (κ2) is 4.82. The third-order valence-corrected chi connectivity index (χ3v) is 1.99. The van der Waals surface area contributed by atoms with E-state index in [4.69, 9.17) is 6.42 Å². The summed E-state index contributed by atoms with van der Waals surface area (Å²) in [5, 5.41) is 2.85. The van der Waals surface area contributed by atoms with E-state index < -0.39 is 0 Å². The van der Waals surface area contributed by atoms with Gasteiger partial charge in [0, 0.05) is 19.4 Å². The Morgan fingerprint density at radius 2 is 2.33 bits per heavy atom. The van der Waals surface area contributed by atoms with Crippen molar-refractivity contribution in [3.05, 3.63) is 0 Å². The third-order valence-electron chi connectivity index (χ3n) is 1.99. The van der Waals surface area contributed by atoms with E-state index in [1.165, 1.54) is 12.8 Å². The van der Waals surface area contributed by atoms with Gasteiger partial charge in [0.15, 0.2) is 0 Å². The number of carbonyl (C=O) groups is 1. The number of carbonyl (C=O) groups excluding carboxylic acids is 1. The number of nitrogens with one attached hydrogen (secondary N) is 1. The molecule has 0 aromatic rings. The van der Waals surface area contributed by atoms with Crippen molar-refractivity contribution < 1.29 is 4.79 Å². The topological polar surface area (TPSA) is 29.1 Å². The normalized spacial score (nSPS) is 15.2. The van der Waals surface area contributed by atoms with Crippen molar-refractivity contribution in [3.63, 3.8) is 0 Å². The van der Waals surface area contributed by atoms with Gasteiger partial charge in [-0.25, -0.2) is 0 Å². The first-order valence-electron chi connectivity index (χ1n) is 4.53. The minimum atomic E-state index is 0.189. The van der Waals surface area contributed by atoms with Gasteiger partial charge in [-0.2, -0.15) is 0 Å². The minimum absolute atomic E-state index is 0.189. The van der Waals surface area contributed by atoms with Crippen LogP contribution in [0, 0.1) is 18.3 Å². The molecule has 0 bridgehead atoms. The molecular formula is C10H15NO. The van der Waals surface area contributed by atoms with Crippen molar-refractivity contribution in [2.75, 3.05) is 6.54 Å². The summed E-state index contributed by atoms with van der Waals surface area (Å²) in [7, 11) is 0. The molecule has 0 spiro atoms. The van der Waals surface area contributed by atoms with Crippen LogP contribution in [0.15, 0.2) is 0 Å². The molecule has 12 heavy (non-hydrogen) atoms. The first kappa shape index (κ1) is 9.12. The fourth-order valence-electron chi connectivity index (χ4n) is 1.07. The largest absolute Gasteiger partial charge is 0.356 e. The van der Waals surface area contributed by atoms with Crippen LogP contribution in [0.25, 0.3) is 0 Å². The van der Waals surface area contributed by atoms with E-state index in [2.05, 4.69) is 11.2 Å². The lowest BCUT2D eigenvalue weighted by Crippen LogP contribution is -2.24. The summed E-state index contributed by atoms with van der Waals surface area (Å²) in [6, 6.07) is 0. The maximum absolute atomic E-state index is 11.1. The van der Waals surface area contributed by atoms with Gasteiger partial charge in [-0.05, 0) is 25.2 Å². The summed E-state index contributed by atoms with van der Waals surface area (Å²) in [6.07, 6.45) is 9.91. The Labute approximate surface area is 73.7 Å². The molecule has 0 radical (unpaired) electrons. The molecule has 0 aromatic carbocycles. The van der Waals surface area contributed by atoms with E-state index >= 15 is 0 Å². The molecule has 1 N–H and O–H groups in total. The molecule has 0 unspecified atom stereocenters. The smallest absolute Gasteiger partial charge is 0.220 e. The molecule has 2 heteroatoms. The average Bonchev–Trinajstić information content (AvgIpc) is 2.82. The molecule has 0 aromatic heterocycles. The van der Waals surface area contributed by atoms with Crippen LogP contribution >= 0.6 is 0 Å². The van der Waals surface area contributed by atoms with Crippen LogP contribution in [0.1, 0.15) is 32.1 Å². The summed E-state index contributed by atoms with van der Waals surface area (Å²) in [4.78, 5) is 11.1. The number of amides is 1. The molecule has 1 aliphatic rings. The van der Waals surface area contributed by atoms with Crippen LogP contribution in [0.4, 0.5) is 0 Å². The molecule has 0 aliphatic heterocycles. The van der Waals surface area contributed by atoms with Crippen LogP contribution in [0.2, 0.25) is 0 Å². The molecule has 1 amide bonds. The van der Waals surface area contributed by atoms with Gasteiger partial charge in [-0.15, -0.1) is 12.3 Å². The zero-order valence-electron chi connectivity index (χ0n) is 7.31. The number of hydrogen-bond donors (Lipinski definition) is 1. The van der Waals surface area contributed by atoms with Crippen molar-refractivity contribution in [1.82, 2.24) is 5.32 Å². The summed E-state index contributed by atoms with van der Waals surface area (Å²) in [5.74, 6) is 3.41. The van der Waals surface area contributed by atoms with Gasteiger partial charge >= 0.3 is 0 Å². The van der Waals surface area contributed by atoms with Gasteiger partial charge in [0.2, 0.25) is 5.91 Å². The van der Waals surface area contributed by atoms with E-state index in [0.717, 1.165) is 25.8 Å². The van der Waals surface area contributed by atoms with Gasteiger partial charge in [-0.1, -0.05) is 0 Å². The molecule has 0 heterocycles. The van der Waals surface area contributed by atoms with Crippen molar-refractivity contribution in [3.8, 4) is 12.3 Å². The van der Waals surface area contributed by atoms with E-state index in [1.54, 1.807) is 0 Å². The highest BCUT2D eigenvalue weighted by Crippen LogP contribution is 2.31. The summed E-state index contributed by atoms with van der Waals surface area (Å²) in [6.45, 7) is 0.732. The van der Waals surface area contributed by atoms with Crippen LogP contribution < -0.4 is 5.32 Å². The SMILES string of the molecule is C#CCCCNC(=O)CC1CC1. The van der Waals surface area contributed by atoms with Crippen molar-refractivity contribution in [1.29, 1.82) is 0 Å². The van der Waals surface area contributed by atoms with Gasteiger partial charge < -0.3 is 5.32 Å². The third kappa shape index (κ3) is 4.02. The van der Waals surface area contributed by atoms with Gasteiger partial charge in [0.1, 0.15) is 0 Å². The van der Waals surface area contributed by atoms with Crippen LogP contribution in [-0.2, 0) is 4.79 Å². The highest BCUT2D eigenvalue weighted by Gasteiger charge is 2.23. The standard InChI is InChI=1S/C10H15NO/c1-2-3-4-7-11-10(12)8-9-5-6-9/h1,9H,3-8H2,(H,11,12). The van der Waals surface area contributed by atoms with Crippen LogP contribution in [0.3, 0.4) is 0 Å². The molecular weight excluding hydrogens is 150 g/mol. The van der Waals surface area contributed by atoms with Gasteiger partial charge in [0.25, 0.3) is 0 Å². The summed E-state index contributed by atoms with van der Waals surface area (Å²) < 4.78 is 0. The number of unbranched alkanes of at least 4 members (excludes halogenated alkanes) is 1. The minimum Gasteiger partial charge on any atom is -0.356 e. The fraction of sp³-hybridized carbons (Fsp3) is 0.700. The fourth-order valence-corrected chi connectivity index (χ4v) is 1.07. The molecule has 1 rings (SSSR count). The summed E-state index contributed by atoms with van der Waals surface area (Å²) >= 11 is 0. The summed E-state index contributed by atoms with van der Waals surface area (Å²) in [5.41, 5.74) is 0.